The Hall–Kier alpha value is -2.15. The predicted molar refractivity (Wildman–Crippen MR) is 72.2 cm³/mol. The molecule has 0 bridgehead atoms. The van der Waals surface area contributed by atoms with Crippen LogP contribution in [0.4, 0.5) is 0 Å². The Morgan fingerprint density at radius 3 is 3.00 bits per heavy atom. The van der Waals surface area contributed by atoms with Crippen LogP contribution in [0.15, 0.2) is 26.4 Å². The highest BCUT2D eigenvalue weighted by Gasteiger charge is 2.26. The highest BCUT2D eigenvalue weighted by molar-refractivity contribution is 5.24. The summed E-state index contributed by atoms with van der Waals surface area (Å²) in [6, 6.07) is 1.67. The van der Waals surface area contributed by atoms with Crippen LogP contribution in [0.2, 0.25) is 0 Å². The lowest BCUT2D eigenvalue weighted by molar-refractivity contribution is 0.102. The van der Waals surface area contributed by atoms with Gasteiger partial charge in [0.05, 0.1) is 19.8 Å². The van der Waals surface area contributed by atoms with Crippen molar-refractivity contribution < 1.29 is 9.26 Å². The maximum Gasteiger partial charge on any atom is 0.331 e. The highest BCUT2D eigenvalue weighted by Crippen LogP contribution is 2.32. The molecule has 0 atom stereocenters. The highest BCUT2D eigenvalue weighted by atomic mass is 16.5. The average Bonchev–Trinajstić information content (AvgIpc) is 3.25. The van der Waals surface area contributed by atoms with Crippen LogP contribution in [0.25, 0.3) is 0 Å². The van der Waals surface area contributed by atoms with Crippen molar-refractivity contribution in [2.24, 2.45) is 0 Å². The number of nitrogens with zero attached hydrogens (tertiary/aromatic N) is 3. The Morgan fingerprint density at radius 1 is 1.33 bits per heavy atom. The summed E-state index contributed by atoms with van der Waals surface area (Å²) in [4.78, 5) is 24.4. The lowest BCUT2D eigenvalue weighted by Crippen LogP contribution is -2.39. The summed E-state index contributed by atoms with van der Waals surface area (Å²) in [7, 11) is 0. The number of ether oxygens (including phenoxy) is 1. The monoisotopic (exact) mass is 289 g/mol. The maximum absolute atomic E-state index is 12.4. The smallest absolute Gasteiger partial charge is 0.331 e. The van der Waals surface area contributed by atoms with E-state index in [0.29, 0.717) is 25.3 Å². The molecule has 0 amide bonds. The topological polar surface area (TPSA) is 79.3 Å². The van der Waals surface area contributed by atoms with Crippen LogP contribution in [-0.4, -0.2) is 20.9 Å². The van der Waals surface area contributed by atoms with Gasteiger partial charge < -0.3 is 9.26 Å². The molecule has 2 aliphatic rings. The number of fused-ring (bicyclic) bond motifs is 1. The number of hydrogen-bond donors (Lipinski definition) is 0. The van der Waals surface area contributed by atoms with E-state index in [1.165, 1.54) is 10.6 Å². The van der Waals surface area contributed by atoms with Gasteiger partial charge in [0, 0.05) is 30.3 Å². The minimum atomic E-state index is -0.314. The van der Waals surface area contributed by atoms with Crippen molar-refractivity contribution in [3.8, 4) is 0 Å². The van der Waals surface area contributed by atoms with E-state index in [-0.39, 0.29) is 23.8 Å². The predicted octanol–water partition coefficient (Wildman–Crippen LogP) is 0.454. The van der Waals surface area contributed by atoms with Gasteiger partial charge in [0.1, 0.15) is 11.5 Å². The van der Waals surface area contributed by atoms with Crippen molar-refractivity contribution in [1.82, 2.24) is 14.3 Å². The molecule has 3 heterocycles. The molecule has 21 heavy (non-hydrogen) atoms. The fraction of sp³-hybridized carbons (Fsp3) is 0.500. The Balaban J connectivity index is 1.74. The summed E-state index contributed by atoms with van der Waals surface area (Å²) in [5, 5.41) is 4.00. The van der Waals surface area contributed by atoms with Gasteiger partial charge in [-0.25, -0.2) is 4.79 Å². The minimum absolute atomic E-state index is 0.132. The molecular weight excluding hydrogens is 274 g/mol. The van der Waals surface area contributed by atoms with Gasteiger partial charge in [-0.15, -0.1) is 0 Å². The second-order valence-electron chi connectivity index (χ2n) is 5.49. The number of hydrogen-bond acceptors (Lipinski definition) is 5. The normalized spacial score (nSPS) is 17.7. The van der Waals surface area contributed by atoms with Gasteiger partial charge in [-0.3, -0.25) is 13.9 Å². The van der Waals surface area contributed by atoms with E-state index >= 15 is 0 Å². The molecule has 4 rings (SSSR count). The van der Waals surface area contributed by atoms with Crippen molar-refractivity contribution in [2.75, 3.05) is 6.61 Å². The molecule has 1 aliphatic heterocycles. The summed E-state index contributed by atoms with van der Waals surface area (Å²) in [5.74, 6) is 0.794. The lowest BCUT2D eigenvalue weighted by Gasteiger charge is -2.11. The second-order valence-corrected chi connectivity index (χ2v) is 5.49. The van der Waals surface area contributed by atoms with Crippen molar-refractivity contribution in [2.45, 2.75) is 38.5 Å². The standard InChI is InChI=1S/C14H15N3O4/c18-13-3-5-16(9-1-2-9)14(19)17(13)7-11-10-8-20-6-4-12(10)21-15-11/h3,5,9H,1-2,4,6-8H2. The molecule has 2 aromatic heterocycles. The molecule has 2 aromatic rings. The van der Waals surface area contributed by atoms with Gasteiger partial charge in [-0.2, -0.15) is 0 Å². The molecule has 1 saturated carbocycles. The number of aromatic nitrogens is 3. The first-order valence-electron chi connectivity index (χ1n) is 7.10. The van der Waals surface area contributed by atoms with E-state index < -0.39 is 0 Å². The van der Waals surface area contributed by atoms with E-state index in [2.05, 4.69) is 5.16 Å². The first-order valence-corrected chi connectivity index (χ1v) is 7.10. The van der Waals surface area contributed by atoms with Gasteiger partial charge in [0.25, 0.3) is 5.56 Å². The summed E-state index contributed by atoms with van der Waals surface area (Å²) < 4.78 is 13.5. The van der Waals surface area contributed by atoms with Crippen LogP contribution >= 0.6 is 0 Å². The van der Waals surface area contributed by atoms with Crippen LogP contribution in [-0.2, 0) is 24.3 Å². The maximum atomic E-state index is 12.4. The van der Waals surface area contributed by atoms with E-state index in [4.69, 9.17) is 9.26 Å². The largest absolute Gasteiger partial charge is 0.376 e. The third-order valence-corrected chi connectivity index (χ3v) is 4.01. The molecule has 7 heteroatoms. The van der Waals surface area contributed by atoms with Gasteiger partial charge >= 0.3 is 5.69 Å². The molecule has 0 radical (unpaired) electrons. The van der Waals surface area contributed by atoms with Gasteiger partial charge in [0.15, 0.2) is 0 Å². The zero-order chi connectivity index (χ0) is 14.4. The van der Waals surface area contributed by atoms with E-state index in [1.807, 2.05) is 0 Å². The van der Waals surface area contributed by atoms with Crippen LogP contribution < -0.4 is 11.2 Å². The average molecular weight is 289 g/mol. The third-order valence-electron chi connectivity index (χ3n) is 4.01. The first-order chi connectivity index (χ1) is 10.2. The van der Waals surface area contributed by atoms with Crippen molar-refractivity contribution in [3.63, 3.8) is 0 Å². The van der Waals surface area contributed by atoms with Crippen molar-refractivity contribution in [3.05, 3.63) is 50.1 Å². The zero-order valence-electron chi connectivity index (χ0n) is 11.4. The third kappa shape index (κ3) is 2.13. The summed E-state index contributed by atoms with van der Waals surface area (Å²) in [6.07, 6.45) is 4.25. The van der Waals surface area contributed by atoms with Crippen LogP contribution in [0.5, 0.6) is 0 Å². The molecule has 0 spiro atoms. The molecule has 0 aromatic carbocycles. The Morgan fingerprint density at radius 2 is 2.19 bits per heavy atom. The molecule has 110 valence electrons. The van der Waals surface area contributed by atoms with E-state index in [9.17, 15) is 9.59 Å². The van der Waals surface area contributed by atoms with Crippen LogP contribution in [0, 0.1) is 0 Å². The molecule has 0 N–H and O–H groups in total. The van der Waals surface area contributed by atoms with E-state index in [1.54, 1.807) is 10.8 Å². The SMILES string of the molecule is O=c1ccn(C2CC2)c(=O)n1Cc1noc2c1COCC2. The second kappa shape index (κ2) is 4.70. The molecule has 0 unspecified atom stereocenters. The molecule has 1 fully saturated rings. The van der Waals surface area contributed by atoms with Gasteiger partial charge in [-0.05, 0) is 12.8 Å². The van der Waals surface area contributed by atoms with Gasteiger partial charge in [-0.1, -0.05) is 5.16 Å². The van der Waals surface area contributed by atoms with Crippen molar-refractivity contribution in [1.29, 1.82) is 0 Å². The summed E-state index contributed by atoms with van der Waals surface area (Å²) >= 11 is 0. The fourth-order valence-electron chi connectivity index (χ4n) is 2.66. The fourth-order valence-corrected chi connectivity index (χ4v) is 2.66. The van der Waals surface area contributed by atoms with Crippen molar-refractivity contribution >= 4 is 0 Å². The Kier molecular flexibility index (Phi) is 2.81. The summed E-state index contributed by atoms with van der Waals surface area (Å²) in [6.45, 7) is 1.17. The van der Waals surface area contributed by atoms with E-state index in [0.717, 1.165) is 24.2 Å². The Bertz CT molecular complexity index is 797. The summed E-state index contributed by atoms with van der Waals surface area (Å²) in [5.41, 5.74) is 0.885. The zero-order valence-corrected chi connectivity index (χ0v) is 11.4. The minimum Gasteiger partial charge on any atom is -0.376 e. The quantitative estimate of drug-likeness (QED) is 0.820. The molecule has 1 aliphatic carbocycles. The first kappa shape index (κ1) is 12.6. The Labute approximate surface area is 119 Å². The molecule has 0 saturated heterocycles. The molecular formula is C14H15N3O4. The molecule has 7 nitrogen and oxygen atoms in total. The van der Waals surface area contributed by atoms with Crippen LogP contribution in [0.3, 0.4) is 0 Å². The lowest BCUT2D eigenvalue weighted by atomic mass is 10.1. The van der Waals surface area contributed by atoms with Gasteiger partial charge in [0.2, 0.25) is 0 Å². The number of rotatable bonds is 3. The van der Waals surface area contributed by atoms with Crippen LogP contribution in [0.1, 0.15) is 35.9 Å².